The highest BCUT2D eigenvalue weighted by atomic mass is 79.9. The Morgan fingerprint density at radius 2 is 1.36 bits per heavy atom. The zero-order valence-electron chi connectivity index (χ0n) is 20.2. The first kappa shape index (κ1) is 24.3. The molecule has 33 heavy (non-hydrogen) atoms. The maximum absolute atomic E-state index is 14.4. The minimum atomic E-state index is -2.88. The van der Waals surface area contributed by atoms with Crippen molar-refractivity contribution in [2.75, 3.05) is 6.35 Å². The quantitative estimate of drug-likeness (QED) is 0.278. The maximum atomic E-state index is 14.4. The molecule has 1 aliphatic heterocycles. The van der Waals surface area contributed by atoms with Gasteiger partial charge in [-0.3, -0.25) is 0 Å². The van der Waals surface area contributed by atoms with Gasteiger partial charge in [-0.15, -0.1) is 0 Å². The molecule has 0 N–H and O–H groups in total. The molecule has 0 saturated heterocycles. The van der Waals surface area contributed by atoms with Crippen LogP contribution < -0.4 is 24.8 Å². The van der Waals surface area contributed by atoms with E-state index in [-0.39, 0.29) is 11.4 Å². The van der Waals surface area contributed by atoms with E-state index in [9.17, 15) is 4.57 Å². The van der Waals surface area contributed by atoms with Crippen LogP contribution in [-0.4, -0.2) is 19.8 Å². The van der Waals surface area contributed by atoms with Crippen LogP contribution in [0.3, 0.4) is 0 Å². The van der Waals surface area contributed by atoms with E-state index in [4.69, 9.17) is 9.16 Å². The van der Waals surface area contributed by atoms with Gasteiger partial charge >= 0.3 is 8.32 Å². The van der Waals surface area contributed by atoms with Gasteiger partial charge in [0, 0.05) is 5.16 Å². The summed E-state index contributed by atoms with van der Waals surface area (Å²) in [4.78, 5) is 0. The van der Waals surface area contributed by atoms with Crippen LogP contribution in [0.5, 0.6) is 11.5 Å². The predicted octanol–water partition coefficient (Wildman–Crippen LogP) is 6.52. The average Bonchev–Trinajstić information content (AvgIpc) is 3.14. The molecule has 0 aliphatic carbocycles. The Kier molecular flexibility index (Phi) is 6.22. The summed E-state index contributed by atoms with van der Waals surface area (Å²) in [5.74, 6) is 1.34. The number of benzene rings is 3. The van der Waals surface area contributed by atoms with E-state index >= 15 is 0 Å². The third-order valence-corrected chi connectivity index (χ3v) is 15.9. The van der Waals surface area contributed by atoms with Gasteiger partial charge in [0.25, 0.3) is 0 Å². The molecule has 0 unspecified atom stereocenters. The molecule has 4 rings (SSSR count). The lowest BCUT2D eigenvalue weighted by Gasteiger charge is -2.43. The second kappa shape index (κ2) is 8.44. The molecule has 3 aromatic carbocycles. The lowest BCUT2D eigenvalue weighted by atomic mass is 10.2. The van der Waals surface area contributed by atoms with E-state index < -0.39 is 20.6 Å². The number of fused-ring (bicyclic) bond motifs is 1. The summed E-state index contributed by atoms with van der Waals surface area (Å²) < 4.78 is 28.6. The van der Waals surface area contributed by atoms with Crippen molar-refractivity contribution in [2.45, 2.75) is 51.7 Å². The zero-order valence-corrected chi connectivity index (χ0v) is 23.7. The second-order valence-electron chi connectivity index (χ2n) is 10.7. The van der Waals surface area contributed by atoms with Crippen LogP contribution in [-0.2, 0) is 4.57 Å². The molecule has 0 spiro atoms. The smallest absolute Gasteiger partial charge is 0.319 e. The van der Waals surface area contributed by atoms with Crippen LogP contribution >= 0.6 is 23.1 Å². The van der Waals surface area contributed by atoms with E-state index in [1.165, 1.54) is 10.4 Å². The highest BCUT2D eigenvalue weighted by Gasteiger charge is 2.54. The summed E-state index contributed by atoms with van der Waals surface area (Å²) >= 11 is 3.62. The Morgan fingerprint density at radius 1 is 0.848 bits per heavy atom. The molecule has 0 aromatic heterocycles. The molecular weight excluding hydrogens is 511 g/mol. The normalized spacial score (nSPS) is 18.5. The van der Waals surface area contributed by atoms with Gasteiger partial charge in [-0.1, -0.05) is 102 Å². The van der Waals surface area contributed by atoms with Crippen molar-refractivity contribution in [3.8, 4) is 11.5 Å². The van der Waals surface area contributed by atoms with Crippen LogP contribution in [0, 0.1) is 0 Å². The molecule has 1 heterocycles. The molecule has 0 radical (unpaired) electrons. The Bertz CT molecular complexity index is 1160. The first-order valence-electron chi connectivity index (χ1n) is 11.3. The van der Waals surface area contributed by atoms with Gasteiger partial charge in [0.1, 0.15) is 17.8 Å². The van der Waals surface area contributed by atoms with Gasteiger partial charge in [0.15, 0.2) is 7.14 Å². The van der Waals surface area contributed by atoms with Crippen molar-refractivity contribution < 1.29 is 13.7 Å². The summed E-state index contributed by atoms with van der Waals surface area (Å²) in [6.07, 6.45) is 0.200. The fourth-order valence-corrected chi connectivity index (χ4v) is 12.3. The minimum Gasteiger partial charge on any atom is -0.533 e. The van der Waals surface area contributed by atoms with Gasteiger partial charge in [-0.25, -0.2) is 0 Å². The lowest BCUT2D eigenvalue weighted by Crippen LogP contribution is -2.69. The van der Waals surface area contributed by atoms with Crippen LogP contribution in [0.2, 0.25) is 5.04 Å². The minimum absolute atomic E-state index is 0.194. The van der Waals surface area contributed by atoms with Crippen molar-refractivity contribution in [3.63, 3.8) is 0 Å². The third-order valence-electron chi connectivity index (χ3n) is 6.56. The van der Waals surface area contributed by atoms with Crippen molar-refractivity contribution in [1.82, 2.24) is 0 Å². The Labute approximate surface area is 207 Å². The van der Waals surface area contributed by atoms with Gasteiger partial charge in [-0.2, -0.15) is 0 Å². The van der Waals surface area contributed by atoms with Crippen LogP contribution in [0.1, 0.15) is 41.5 Å². The molecule has 0 saturated carbocycles. The third kappa shape index (κ3) is 3.92. The van der Waals surface area contributed by atoms with Gasteiger partial charge < -0.3 is 13.7 Å². The van der Waals surface area contributed by atoms with Crippen LogP contribution in [0.15, 0.2) is 77.3 Å². The Hall–Kier alpha value is -1.81. The Balaban J connectivity index is 2.03. The number of ether oxygens (including phenoxy) is 1. The van der Waals surface area contributed by atoms with Crippen LogP contribution in [0.25, 0.3) is 0 Å². The number of rotatable bonds is 4. The molecule has 3 aromatic rings. The highest BCUT2D eigenvalue weighted by molar-refractivity contribution is 9.10. The maximum Gasteiger partial charge on any atom is 0.319 e. The lowest BCUT2D eigenvalue weighted by molar-refractivity contribution is 0.387. The topological polar surface area (TPSA) is 35.5 Å². The molecule has 3 nitrogen and oxygen atoms in total. The fraction of sp³-hybridized carbons (Fsp3) is 0.333. The van der Waals surface area contributed by atoms with E-state index in [1.54, 1.807) is 0 Å². The summed E-state index contributed by atoms with van der Waals surface area (Å²) in [6.45, 7) is 12.8. The van der Waals surface area contributed by atoms with E-state index in [0.29, 0.717) is 11.5 Å². The van der Waals surface area contributed by atoms with Crippen molar-refractivity contribution in [2.24, 2.45) is 0 Å². The van der Waals surface area contributed by atoms with Crippen molar-refractivity contribution >= 4 is 47.1 Å². The first-order valence-corrected chi connectivity index (χ1v) is 15.9. The number of halogens is 1. The monoisotopic (exact) mass is 542 g/mol. The highest BCUT2D eigenvalue weighted by Crippen LogP contribution is 2.64. The molecule has 0 amide bonds. The fourth-order valence-electron chi connectivity index (χ4n) is 4.65. The van der Waals surface area contributed by atoms with Gasteiger partial charge in [-0.05, 0) is 43.5 Å². The predicted molar refractivity (Wildman–Crippen MR) is 145 cm³/mol. The van der Waals surface area contributed by atoms with Crippen LogP contribution in [0.4, 0.5) is 0 Å². The molecular formula is C27H32BrO3PSi. The average molecular weight is 544 g/mol. The number of hydrogen-bond donors (Lipinski definition) is 0. The van der Waals surface area contributed by atoms with Crippen molar-refractivity contribution in [3.05, 3.63) is 77.3 Å². The summed E-state index contributed by atoms with van der Waals surface area (Å²) in [5, 5.41) is 2.47. The molecule has 1 aliphatic rings. The molecule has 0 fully saturated rings. The van der Waals surface area contributed by atoms with E-state index in [2.05, 4.69) is 85.2 Å². The molecule has 174 valence electrons. The summed E-state index contributed by atoms with van der Waals surface area (Å²) in [6, 6.07) is 25.0. The van der Waals surface area contributed by atoms with Crippen molar-refractivity contribution in [1.29, 1.82) is 0 Å². The second-order valence-corrected chi connectivity index (χ2v) is 19.3. The SMILES string of the molecule is CC(C)(C)[Si](Oc1ccc(Br)c2c1[P@@](=O)(C(C)(C)C)CO2)(c1ccccc1)c1ccccc1. The largest absolute Gasteiger partial charge is 0.533 e. The standard InChI is InChI=1S/C27H32BrO3PSi/c1-26(2,3)32(29)19-30-24-22(28)17-18-23(25(24)32)31-33(27(4,5)6,20-13-9-7-10-14-20)21-15-11-8-12-16-21/h7-18H,19H2,1-6H3/t32-/m1/s1. The zero-order chi connectivity index (χ0) is 24.1. The molecule has 6 heteroatoms. The van der Waals surface area contributed by atoms with E-state index in [0.717, 1.165) is 9.78 Å². The van der Waals surface area contributed by atoms with E-state index in [1.807, 2.05) is 45.0 Å². The number of hydrogen-bond acceptors (Lipinski definition) is 3. The Morgan fingerprint density at radius 3 is 1.82 bits per heavy atom. The first-order chi connectivity index (χ1) is 15.4. The van der Waals surface area contributed by atoms with Gasteiger partial charge in [0.2, 0.25) is 0 Å². The van der Waals surface area contributed by atoms with Gasteiger partial charge in [0.05, 0.1) is 9.78 Å². The molecule has 0 bridgehead atoms. The summed E-state index contributed by atoms with van der Waals surface area (Å²) in [5.41, 5.74) is 0. The summed E-state index contributed by atoms with van der Waals surface area (Å²) in [7, 11) is -5.75. The molecule has 1 atom stereocenters.